The molecule has 0 aliphatic heterocycles. The van der Waals surface area contributed by atoms with Crippen molar-refractivity contribution in [1.82, 2.24) is 9.55 Å². The van der Waals surface area contributed by atoms with E-state index in [9.17, 15) is 9.90 Å². The number of hydrogen-bond acceptors (Lipinski definition) is 3. The van der Waals surface area contributed by atoms with E-state index in [-0.39, 0.29) is 5.56 Å². The van der Waals surface area contributed by atoms with Crippen molar-refractivity contribution < 1.29 is 9.90 Å². The van der Waals surface area contributed by atoms with E-state index in [1.807, 2.05) is 39.9 Å². The predicted octanol–water partition coefficient (Wildman–Crippen LogP) is 5.03. The summed E-state index contributed by atoms with van der Waals surface area (Å²) in [6, 6.07) is 13.2. The fraction of sp³-hybridized carbons (Fsp3) is 0.0526. The second kappa shape index (κ2) is 6.35. The highest BCUT2D eigenvalue weighted by Crippen LogP contribution is 2.24. The van der Waals surface area contributed by atoms with Gasteiger partial charge in [0.2, 0.25) is 0 Å². The van der Waals surface area contributed by atoms with Crippen LogP contribution in [0.2, 0.25) is 5.02 Å². The SMILES string of the molecule is O=C(O)c1cc(Cl)ccc1Cc1ccc2c(ccn2-c2cscn2)c1. The Labute approximate surface area is 152 Å². The highest BCUT2D eigenvalue weighted by molar-refractivity contribution is 7.07. The molecule has 6 heteroatoms. The number of benzene rings is 2. The Morgan fingerprint density at radius 1 is 1.20 bits per heavy atom. The van der Waals surface area contributed by atoms with Crippen LogP contribution in [0.4, 0.5) is 0 Å². The van der Waals surface area contributed by atoms with Crippen molar-refractivity contribution in [3.63, 3.8) is 0 Å². The Morgan fingerprint density at radius 3 is 2.84 bits per heavy atom. The quantitative estimate of drug-likeness (QED) is 0.549. The molecule has 4 rings (SSSR count). The molecule has 0 aliphatic carbocycles. The number of carboxylic acid groups (broad SMARTS) is 1. The zero-order valence-corrected chi connectivity index (χ0v) is 14.6. The van der Waals surface area contributed by atoms with E-state index in [1.165, 1.54) is 6.07 Å². The Kier molecular flexibility index (Phi) is 4.03. The van der Waals surface area contributed by atoms with Gasteiger partial charge in [0.05, 0.1) is 16.6 Å². The highest BCUT2D eigenvalue weighted by atomic mass is 35.5. The third-order valence-electron chi connectivity index (χ3n) is 4.12. The number of rotatable bonds is 4. The standard InChI is InChI=1S/C19H13ClN2O2S/c20-15-3-2-13(16(9-15)19(23)24)7-12-1-4-17-14(8-12)5-6-22(17)18-10-25-11-21-18/h1-6,8-11H,7H2,(H,23,24). The average Bonchev–Trinajstić information content (AvgIpc) is 3.24. The lowest BCUT2D eigenvalue weighted by molar-refractivity contribution is 0.0696. The molecule has 0 atom stereocenters. The van der Waals surface area contributed by atoms with E-state index in [2.05, 4.69) is 11.1 Å². The van der Waals surface area contributed by atoms with Crippen molar-refractivity contribution in [2.45, 2.75) is 6.42 Å². The summed E-state index contributed by atoms with van der Waals surface area (Å²) in [6.07, 6.45) is 2.53. The van der Waals surface area contributed by atoms with Crippen molar-refractivity contribution in [2.24, 2.45) is 0 Å². The molecule has 0 saturated carbocycles. The maximum absolute atomic E-state index is 11.4. The van der Waals surface area contributed by atoms with Crippen molar-refractivity contribution in [3.05, 3.63) is 81.3 Å². The average molecular weight is 369 g/mol. The molecule has 0 spiro atoms. The Morgan fingerprint density at radius 2 is 2.08 bits per heavy atom. The Hall–Kier alpha value is -2.63. The highest BCUT2D eigenvalue weighted by Gasteiger charge is 2.12. The fourth-order valence-corrected chi connectivity index (χ4v) is 3.65. The number of carbonyl (C=O) groups is 1. The van der Waals surface area contributed by atoms with Crippen molar-refractivity contribution in [1.29, 1.82) is 0 Å². The molecule has 0 aliphatic rings. The molecule has 2 heterocycles. The summed E-state index contributed by atoms with van der Waals surface area (Å²) in [4.78, 5) is 15.8. The maximum atomic E-state index is 11.4. The second-order valence-corrected chi connectivity index (χ2v) is 6.86. The first-order chi connectivity index (χ1) is 12.1. The van der Waals surface area contributed by atoms with E-state index in [0.29, 0.717) is 11.4 Å². The molecular formula is C19H13ClN2O2S. The number of carboxylic acids is 1. The van der Waals surface area contributed by atoms with Gasteiger partial charge in [-0.15, -0.1) is 11.3 Å². The molecule has 4 nitrogen and oxygen atoms in total. The molecule has 2 aromatic heterocycles. The van der Waals surface area contributed by atoms with Gasteiger partial charge >= 0.3 is 5.97 Å². The second-order valence-electron chi connectivity index (χ2n) is 5.71. The molecule has 124 valence electrons. The number of aromatic nitrogens is 2. The third kappa shape index (κ3) is 3.04. The van der Waals surface area contributed by atoms with Crippen LogP contribution in [-0.2, 0) is 6.42 Å². The van der Waals surface area contributed by atoms with Gasteiger partial charge in [-0.1, -0.05) is 23.7 Å². The smallest absolute Gasteiger partial charge is 0.336 e. The number of hydrogen-bond donors (Lipinski definition) is 1. The molecule has 25 heavy (non-hydrogen) atoms. The molecule has 0 amide bonds. The fourth-order valence-electron chi connectivity index (χ4n) is 2.95. The van der Waals surface area contributed by atoms with Crippen LogP contribution in [0.3, 0.4) is 0 Å². The van der Waals surface area contributed by atoms with E-state index >= 15 is 0 Å². The van der Waals surface area contributed by atoms with Crippen LogP contribution in [-0.4, -0.2) is 20.6 Å². The minimum Gasteiger partial charge on any atom is -0.478 e. The monoisotopic (exact) mass is 368 g/mol. The summed E-state index contributed by atoms with van der Waals surface area (Å²) < 4.78 is 2.04. The molecule has 0 saturated heterocycles. The van der Waals surface area contributed by atoms with Gasteiger partial charge in [0, 0.05) is 22.0 Å². The number of halogens is 1. The van der Waals surface area contributed by atoms with Crippen LogP contribution < -0.4 is 0 Å². The predicted molar refractivity (Wildman–Crippen MR) is 100 cm³/mol. The molecule has 0 bridgehead atoms. The molecule has 0 unspecified atom stereocenters. The zero-order valence-electron chi connectivity index (χ0n) is 13.0. The van der Waals surface area contributed by atoms with Gasteiger partial charge in [-0.2, -0.15) is 0 Å². The van der Waals surface area contributed by atoms with Crippen LogP contribution in [0.1, 0.15) is 21.5 Å². The first-order valence-electron chi connectivity index (χ1n) is 7.62. The Bertz CT molecular complexity index is 1070. The summed E-state index contributed by atoms with van der Waals surface area (Å²) in [5.41, 5.74) is 4.92. The Balaban J connectivity index is 1.71. The van der Waals surface area contributed by atoms with Gasteiger partial charge in [0.25, 0.3) is 0 Å². The van der Waals surface area contributed by atoms with E-state index in [4.69, 9.17) is 11.6 Å². The minimum absolute atomic E-state index is 0.243. The number of thiazole rings is 1. The van der Waals surface area contributed by atoms with E-state index in [1.54, 1.807) is 23.5 Å². The van der Waals surface area contributed by atoms with Gasteiger partial charge in [0.15, 0.2) is 0 Å². The molecule has 0 radical (unpaired) electrons. The third-order valence-corrected chi connectivity index (χ3v) is 4.93. The lowest BCUT2D eigenvalue weighted by atomic mass is 9.99. The van der Waals surface area contributed by atoms with Crippen molar-refractivity contribution in [2.75, 3.05) is 0 Å². The first kappa shape index (κ1) is 15.9. The van der Waals surface area contributed by atoms with Crippen LogP contribution in [0.25, 0.3) is 16.7 Å². The van der Waals surface area contributed by atoms with E-state index < -0.39 is 5.97 Å². The summed E-state index contributed by atoms with van der Waals surface area (Å²) >= 11 is 7.48. The number of fused-ring (bicyclic) bond motifs is 1. The van der Waals surface area contributed by atoms with Crippen LogP contribution >= 0.6 is 22.9 Å². The summed E-state index contributed by atoms with van der Waals surface area (Å²) in [5.74, 6) is -0.0631. The molecular weight excluding hydrogens is 356 g/mol. The molecule has 1 N–H and O–H groups in total. The lowest BCUT2D eigenvalue weighted by Gasteiger charge is -2.08. The van der Waals surface area contributed by atoms with Gasteiger partial charge in [-0.3, -0.25) is 0 Å². The van der Waals surface area contributed by atoms with Crippen LogP contribution in [0, 0.1) is 0 Å². The lowest BCUT2D eigenvalue weighted by Crippen LogP contribution is -2.03. The molecule has 0 fully saturated rings. The molecule has 2 aromatic carbocycles. The van der Waals surface area contributed by atoms with Gasteiger partial charge in [-0.25, -0.2) is 9.78 Å². The minimum atomic E-state index is -0.965. The molecule has 4 aromatic rings. The zero-order chi connectivity index (χ0) is 17.4. The van der Waals surface area contributed by atoms with Crippen LogP contribution in [0.15, 0.2) is 59.6 Å². The van der Waals surface area contributed by atoms with Crippen LogP contribution in [0.5, 0.6) is 0 Å². The summed E-state index contributed by atoms with van der Waals surface area (Å²) in [6.45, 7) is 0. The van der Waals surface area contributed by atoms with Crippen molar-refractivity contribution in [3.8, 4) is 5.82 Å². The first-order valence-corrected chi connectivity index (χ1v) is 8.94. The number of aromatic carboxylic acids is 1. The summed E-state index contributed by atoms with van der Waals surface area (Å²) in [5, 5.41) is 12.9. The maximum Gasteiger partial charge on any atom is 0.336 e. The number of nitrogens with zero attached hydrogens (tertiary/aromatic N) is 2. The summed E-state index contributed by atoms with van der Waals surface area (Å²) in [7, 11) is 0. The van der Waals surface area contributed by atoms with Gasteiger partial charge < -0.3 is 9.67 Å². The van der Waals surface area contributed by atoms with Crippen molar-refractivity contribution >= 4 is 39.8 Å². The normalized spacial score (nSPS) is 11.1. The van der Waals surface area contributed by atoms with Gasteiger partial charge in [0.1, 0.15) is 5.82 Å². The largest absolute Gasteiger partial charge is 0.478 e. The topological polar surface area (TPSA) is 55.1 Å². The van der Waals surface area contributed by atoms with E-state index in [0.717, 1.165) is 27.8 Å². The van der Waals surface area contributed by atoms with Gasteiger partial charge in [-0.05, 0) is 47.9 Å².